The smallest absolute Gasteiger partial charge is 0.416 e. The van der Waals surface area contributed by atoms with Gasteiger partial charge in [0.2, 0.25) is 0 Å². The van der Waals surface area contributed by atoms with Gasteiger partial charge in [-0.15, -0.1) is 0 Å². The molecule has 1 nitrogen and oxygen atoms in total. The second-order valence-electron chi connectivity index (χ2n) is 5.14. The van der Waals surface area contributed by atoms with Gasteiger partial charge < -0.3 is 4.74 Å². The van der Waals surface area contributed by atoms with Crippen LogP contribution in [0.2, 0.25) is 0 Å². The molecule has 0 atom stereocenters. The van der Waals surface area contributed by atoms with Crippen molar-refractivity contribution in [2.75, 3.05) is 0 Å². The van der Waals surface area contributed by atoms with Gasteiger partial charge in [-0.1, -0.05) is 42.5 Å². The third-order valence-corrected chi connectivity index (χ3v) is 4.07. The predicted octanol–water partition coefficient (Wildman–Crippen LogP) is 6.93. The standard InChI is InChI=1S/C19H12BrF3O/c20-17-12-15(19(21,22)23)8-11-18(17)24-16-9-6-14(7-10-16)13-4-2-1-3-5-13/h1-12H. The Kier molecular flexibility index (Phi) is 4.62. The van der Waals surface area contributed by atoms with Crippen LogP contribution in [-0.4, -0.2) is 0 Å². The molecule has 0 spiro atoms. The Labute approximate surface area is 145 Å². The van der Waals surface area contributed by atoms with Crippen molar-refractivity contribution in [3.63, 3.8) is 0 Å². The van der Waals surface area contributed by atoms with Crippen molar-refractivity contribution in [3.8, 4) is 22.6 Å². The van der Waals surface area contributed by atoms with Crippen molar-refractivity contribution < 1.29 is 17.9 Å². The van der Waals surface area contributed by atoms with Crippen LogP contribution in [0.3, 0.4) is 0 Å². The summed E-state index contributed by atoms with van der Waals surface area (Å²) in [5.74, 6) is 0.880. The summed E-state index contributed by atoms with van der Waals surface area (Å²) in [4.78, 5) is 0. The summed E-state index contributed by atoms with van der Waals surface area (Å²) >= 11 is 3.12. The van der Waals surface area contributed by atoms with Crippen molar-refractivity contribution in [1.29, 1.82) is 0 Å². The molecule has 3 rings (SSSR count). The number of ether oxygens (including phenoxy) is 1. The molecule has 3 aromatic rings. The maximum Gasteiger partial charge on any atom is 0.416 e. The van der Waals surface area contributed by atoms with Crippen molar-refractivity contribution in [2.24, 2.45) is 0 Å². The molecule has 0 aromatic heterocycles. The van der Waals surface area contributed by atoms with Gasteiger partial charge in [0.1, 0.15) is 11.5 Å². The maximum absolute atomic E-state index is 12.7. The van der Waals surface area contributed by atoms with E-state index in [9.17, 15) is 13.2 Å². The van der Waals surface area contributed by atoms with Crippen molar-refractivity contribution in [2.45, 2.75) is 6.18 Å². The van der Waals surface area contributed by atoms with Crippen LogP contribution in [0.4, 0.5) is 13.2 Å². The zero-order valence-corrected chi connectivity index (χ0v) is 13.9. The molecule has 0 aliphatic rings. The number of halogens is 4. The fourth-order valence-corrected chi connectivity index (χ4v) is 2.69. The van der Waals surface area contributed by atoms with E-state index in [1.54, 1.807) is 12.1 Å². The lowest BCUT2D eigenvalue weighted by atomic mass is 10.1. The molecule has 0 N–H and O–H groups in total. The SMILES string of the molecule is FC(F)(F)c1ccc(Oc2ccc(-c3ccccc3)cc2)c(Br)c1. The Morgan fingerprint density at radius 2 is 1.38 bits per heavy atom. The predicted molar refractivity (Wildman–Crippen MR) is 91.1 cm³/mol. The minimum absolute atomic E-state index is 0.254. The molecule has 0 unspecified atom stereocenters. The van der Waals surface area contributed by atoms with Gasteiger partial charge in [-0.05, 0) is 57.4 Å². The van der Waals surface area contributed by atoms with Gasteiger partial charge in [0, 0.05) is 0 Å². The Morgan fingerprint density at radius 3 is 1.96 bits per heavy atom. The highest BCUT2D eigenvalue weighted by atomic mass is 79.9. The molecule has 5 heteroatoms. The zero-order valence-electron chi connectivity index (χ0n) is 12.3. The highest BCUT2D eigenvalue weighted by molar-refractivity contribution is 9.10. The van der Waals surface area contributed by atoms with Crippen LogP contribution >= 0.6 is 15.9 Å². The summed E-state index contributed by atoms with van der Waals surface area (Å²) in [6.07, 6.45) is -4.38. The molecule has 24 heavy (non-hydrogen) atoms. The minimum atomic E-state index is -4.38. The zero-order chi connectivity index (χ0) is 17.2. The largest absolute Gasteiger partial charge is 0.456 e. The summed E-state index contributed by atoms with van der Waals surface area (Å²) in [6, 6.07) is 20.6. The molecule has 3 aromatic carbocycles. The molecular formula is C19H12BrF3O. The number of rotatable bonds is 3. The lowest BCUT2D eigenvalue weighted by molar-refractivity contribution is -0.137. The molecule has 0 saturated heterocycles. The average Bonchev–Trinajstić information content (AvgIpc) is 2.57. The lowest BCUT2D eigenvalue weighted by Gasteiger charge is -2.11. The van der Waals surface area contributed by atoms with Crippen LogP contribution < -0.4 is 4.74 Å². The van der Waals surface area contributed by atoms with Crippen LogP contribution in [0.25, 0.3) is 11.1 Å². The van der Waals surface area contributed by atoms with Gasteiger partial charge in [-0.25, -0.2) is 0 Å². The first kappa shape index (κ1) is 16.6. The van der Waals surface area contributed by atoms with Gasteiger partial charge >= 0.3 is 6.18 Å². The molecule has 122 valence electrons. The third kappa shape index (κ3) is 3.79. The topological polar surface area (TPSA) is 9.23 Å². The van der Waals surface area contributed by atoms with Gasteiger partial charge in [-0.3, -0.25) is 0 Å². The molecule has 0 heterocycles. The Bertz CT molecular complexity index is 827. The average molecular weight is 393 g/mol. The Balaban J connectivity index is 1.79. The van der Waals surface area contributed by atoms with Crippen LogP contribution in [0.1, 0.15) is 5.56 Å². The van der Waals surface area contributed by atoms with Crippen molar-refractivity contribution >= 4 is 15.9 Å². The molecule has 0 saturated carbocycles. The minimum Gasteiger partial charge on any atom is -0.456 e. The highest BCUT2D eigenvalue weighted by Crippen LogP contribution is 2.36. The summed E-state index contributed by atoms with van der Waals surface area (Å²) in [7, 11) is 0. The van der Waals surface area contributed by atoms with E-state index in [4.69, 9.17) is 4.74 Å². The molecule has 0 aliphatic carbocycles. The van der Waals surface area contributed by atoms with Crippen molar-refractivity contribution in [1.82, 2.24) is 0 Å². The van der Waals surface area contributed by atoms with Gasteiger partial charge in [0.25, 0.3) is 0 Å². The molecule has 0 fully saturated rings. The first-order valence-corrected chi connectivity index (χ1v) is 7.93. The molecule has 0 bridgehead atoms. The van der Waals surface area contributed by atoms with E-state index in [2.05, 4.69) is 15.9 Å². The van der Waals surface area contributed by atoms with E-state index in [0.29, 0.717) is 11.5 Å². The number of hydrogen-bond acceptors (Lipinski definition) is 1. The van der Waals surface area contributed by atoms with Gasteiger partial charge in [0.05, 0.1) is 10.0 Å². The van der Waals surface area contributed by atoms with Crippen LogP contribution in [0.5, 0.6) is 11.5 Å². The van der Waals surface area contributed by atoms with Crippen molar-refractivity contribution in [3.05, 3.63) is 82.8 Å². The van der Waals surface area contributed by atoms with E-state index in [1.807, 2.05) is 42.5 Å². The molecule has 0 aliphatic heterocycles. The molecular weight excluding hydrogens is 381 g/mol. The fraction of sp³-hybridized carbons (Fsp3) is 0.0526. The molecule has 0 amide bonds. The monoisotopic (exact) mass is 392 g/mol. The fourth-order valence-electron chi connectivity index (χ4n) is 2.23. The highest BCUT2D eigenvalue weighted by Gasteiger charge is 2.31. The second-order valence-corrected chi connectivity index (χ2v) is 5.99. The van der Waals surface area contributed by atoms with Gasteiger partial charge in [-0.2, -0.15) is 13.2 Å². The van der Waals surface area contributed by atoms with E-state index in [0.717, 1.165) is 23.3 Å². The first-order chi connectivity index (χ1) is 11.4. The third-order valence-electron chi connectivity index (χ3n) is 3.45. The Morgan fingerprint density at radius 1 is 0.750 bits per heavy atom. The number of hydrogen-bond donors (Lipinski definition) is 0. The van der Waals surface area contributed by atoms with Crippen LogP contribution in [-0.2, 0) is 6.18 Å². The molecule has 0 radical (unpaired) electrons. The van der Waals surface area contributed by atoms with Gasteiger partial charge in [0.15, 0.2) is 0 Å². The summed E-state index contributed by atoms with van der Waals surface area (Å²) < 4.78 is 43.9. The summed E-state index contributed by atoms with van der Waals surface area (Å²) in [5, 5.41) is 0. The van der Waals surface area contributed by atoms with Crippen LogP contribution in [0, 0.1) is 0 Å². The Hall–Kier alpha value is -2.27. The maximum atomic E-state index is 12.7. The quantitative estimate of drug-likeness (QED) is 0.469. The number of benzene rings is 3. The van der Waals surface area contributed by atoms with E-state index in [1.165, 1.54) is 6.07 Å². The lowest BCUT2D eigenvalue weighted by Crippen LogP contribution is -2.04. The number of alkyl halides is 3. The van der Waals surface area contributed by atoms with Crippen LogP contribution in [0.15, 0.2) is 77.3 Å². The second kappa shape index (κ2) is 6.69. The first-order valence-electron chi connectivity index (χ1n) is 7.13. The summed E-state index contributed by atoms with van der Waals surface area (Å²) in [5.41, 5.74) is 1.40. The summed E-state index contributed by atoms with van der Waals surface area (Å²) in [6.45, 7) is 0. The van der Waals surface area contributed by atoms with E-state index < -0.39 is 11.7 Å². The van der Waals surface area contributed by atoms with E-state index >= 15 is 0 Å². The normalized spacial score (nSPS) is 11.3. The van der Waals surface area contributed by atoms with E-state index in [-0.39, 0.29) is 4.47 Å².